The highest BCUT2D eigenvalue weighted by atomic mass is 35.5. The minimum Gasteiger partial charge on any atom is -0.298 e. The second-order valence-electron chi connectivity index (χ2n) is 5.28. The third kappa shape index (κ3) is 3.84. The first-order valence-corrected chi connectivity index (χ1v) is 8.47. The van der Waals surface area contributed by atoms with Crippen LogP contribution in [0.15, 0.2) is 47.8 Å². The minimum absolute atomic E-state index is 0.0681. The van der Waals surface area contributed by atoms with Gasteiger partial charge in [0, 0.05) is 22.0 Å². The Hall–Kier alpha value is -2.77. The van der Waals surface area contributed by atoms with Crippen LogP contribution in [0, 0.1) is 17.0 Å². The smallest absolute Gasteiger partial charge is 0.283 e. The molecule has 0 aliphatic heterocycles. The maximum Gasteiger partial charge on any atom is 0.283 e. The first kappa shape index (κ1) is 17.1. The number of nitrogens with one attached hydrogen (secondary N) is 1. The molecule has 0 radical (unpaired) electrons. The second-order valence-corrected chi connectivity index (χ2v) is 6.57. The molecule has 0 aliphatic carbocycles. The molecule has 8 heteroatoms. The Bertz CT molecular complexity index is 954. The van der Waals surface area contributed by atoms with Crippen molar-refractivity contribution in [2.75, 3.05) is 5.32 Å². The van der Waals surface area contributed by atoms with Crippen LogP contribution in [0.5, 0.6) is 0 Å². The van der Waals surface area contributed by atoms with Gasteiger partial charge in [-0.1, -0.05) is 41.4 Å². The highest BCUT2D eigenvalue weighted by Gasteiger charge is 2.21. The van der Waals surface area contributed by atoms with Crippen molar-refractivity contribution in [2.45, 2.75) is 6.92 Å². The number of aryl methyl sites for hydroxylation is 1. The van der Waals surface area contributed by atoms with Gasteiger partial charge < -0.3 is 0 Å². The van der Waals surface area contributed by atoms with Gasteiger partial charge in [0.05, 0.1) is 10.6 Å². The van der Waals surface area contributed by atoms with E-state index in [1.165, 1.54) is 23.5 Å². The molecule has 3 rings (SSSR count). The largest absolute Gasteiger partial charge is 0.298 e. The summed E-state index contributed by atoms with van der Waals surface area (Å²) in [5, 5.41) is 16.1. The van der Waals surface area contributed by atoms with Crippen LogP contribution >= 0.6 is 22.9 Å². The number of hydrogen-bond acceptors (Lipinski definition) is 5. The summed E-state index contributed by atoms with van der Waals surface area (Å²) in [6.45, 7) is 2.00. The molecule has 25 heavy (non-hydrogen) atoms. The van der Waals surface area contributed by atoms with E-state index in [2.05, 4.69) is 10.3 Å². The van der Waals surface area contributed by atoms with Crippen molar-refractivity contribution in [2.24, 2.45) is 0 Å². The van der Waals surface area contributed by atoms with Crippen molar-refractivity contribution in [1.82, 2.24) is 4.98 Å². The molecular weight excluding hydrogens is 362 g/mol. The number of carbonyl (C=O) groups excluding carboxylic acids is 1. The van der Waals surface area contributed by atoms with Crippen LogP contribution in [0.25, 0.3) is 11.3 Å². The number of nitro benzene ring substituents is 1. The zero-order valence-electron chi connectivity index (χ0n) is 13.0. The molecule has 0 aliphatic rings. The van der Waals surface area contributed by atoms with Crippen LogP contribution in [-0.2, 0) is 0 Å². The van der Waals surface area contributed by atoms with Crippen molar-refractivity contribution < 1.29 is 9.72 Å². The molecule has 1 N–H and O–H groups in total. The van der Waals surface area contributed by atoms with E-state index in [1.807, 2.05) is 36.6 Å². The topological polar surface area (TPSA) is 85.1 Å². The Kier molecular flexibility index (Phi) is 4.78. The number of nitro groups is 1. The van der Waals surface area contributed by atoms with Crippen LogP contribution in [0.1, 0.15) is 15.9 Å². The summed E-state index contributed by atoms with van der Waals surface area (Å²) >= 11 is 7.01. The lowest BCUT2D eigenvalue weighted by atomic mass is 10.1. The fourth-order valence-corrected chi connectivity index (χ4v) is 3.08. The van der Waals surface area contributed by atoms with Gasteiger partial charge in [0.15, 0.2) is 5.13 Å². The van der Waals surface area contributed by atoms with E-state index in [1.54, 1.807) is 0 Å². The Morgan fingerprint density at radius 3 is 2.64 bits per heavy atom. The van der Waals surface area contributed by atoms with Crippen LogP contribution in [0.2, 0.25) is 5.02 Å². The van der Waals surface area contributed by atoms with Crippen molar-refractivity contribution in [3.63, 3.8) is 0 Å². The molecule has 0 fully saturated rings. The van der Waals surface area contributed by atoms with Gasteiger partial charge in [0.25, 0.3) is 11.6 Å². The molecule has 1 aromatic heterocycles. The molecule has 0 saturated heterocycles. The molecular formula is C17H12ClN3O3S. The normalized spacial score (nSPS) is 10.5. The van der Waals surface area contributed by atoms with Crippen molar-refractivity contribution in [3.8, 4) is 11.3 Å². The van der Waals surface area contributed by atoms with Gasteiger partial charge in [0.2, 0.25) is 0 Å². The highest BCUT2D eigenvalue weighted by Crippen LogP contribution is 2.27. The molecule has 0 bridgehead atoms. The minimum atomic E-state index is -0.639. The molecule has 6 nitrogen and oxygen atoms in total. The molecule has 0 saturated carbocycles. The van der Waals surface area contributed by atoms with Crippen molar-refractivity contribution >= 4 is 39.7 Å². The molecule has 126 valence electrons. The number of thiazole rings is 1. The SMILES string of the molecule is Cc1ccc(-c2csc(NC(=O)c3ccc(Cl)cc3[N+](=O)[O-])n2)cc1. The summed E-state index contributed by atoms with van der Waals surface area (Å²) < 4.78 is 0. The van der Waals surface area contributed by atoms with E-state index in [0.29, 0.717) is 5.13 Å². The van der Waals surface area contributed by atoms with E-state index < -0.39 is 10.8 Å². The summed E-state index contributed by atoms with van der Waals surface area (Å²) in [4.78, 5) is 27.2. The average Bonchev–Trinajstić information content (AvgIpc) is 3.03. The molecule has 0 unspecified atom stereocenters. The number of hydrogen-bond donors (Lipinski definition) is 1. The number of anilines is 1. The van der Waals surface area contributed by atoms with Crippen molar-refractivity contribution in [3.05, 3.63) is 74.1 Å². The fraction of sp³-hybridized carbons (Fsp3) is 0.0588. The number of aromatic nitrogens is 1. The molecule has 3 aromatic rings. The summed E-state index contributed by atoms with van der Waals surface area (Å²) in [5.41, 5.74) is 2.38. The van der Waals surface area contributed by atoms with Crippen molar-refractivity contribution in [1.29, 1.82) is 0 Å². The maximum absolute atomic E-state index is 12.3. The summed E-state index contributed by atoms with van der Waals surface area (Å²) in [7, 11) is 0. The Labute approximate surface area is 152 Å². The van der Waals surface area contributed by atoms with E-state index in [9.17, 15) is 14.9 Å². The number of halogens is 1. The molecule has 0 atom stereocenters. The lowest BCUT2D eigenvalue weighted by Crippen LogP contribution is -2.13. The predicted octanol–water partition coefficient (Wildman–Crippen LogP) is 4.93. The van der Waals surface area contributed by atoms with E-state index >= 15 is 0 Å². The molecule has 1 heterocycles. The van der Waals surface area contributed by atoms with Crippen LogP contribution in [-0.4, -0.2) is 15.8 Å². The number of amides is 1. The zero-order chi connectivity index (χ0) is 18.0. The average molecular weight is 374 g/mol. The molecule has 0 spiro atoms. The standard InChI is InChI=1S/C17H12ClN3O3S/c1-10-2-4-11(5-3-10)14-9-25-17(19-14)20-16(22)13-7-6-12(18)8-15(13)21(23)24/h2-9H,1H3,(H,19,20,22). The van der Waals surface area contributed by atoms with Gasteiger partial charge in [-0.15, -0.1) is 11.3 Å². The fourth-order valence-electron chi connectivity index (χ4n) is 2.20. The number of carbonyl (C=O) groups is 1. The van der Waals surface area contributed by atoms with Gasteiger partial charge in [-0.2, -0.15) is 0 Å². The summed E-state index contributed by atoms with van der Waals surface area (Å²) in [6.07, 6.45) is 0. The maximum atomic E-state index is 12.3. The lowest BCUT2D eigenvalue weighted by molar-refractivity contribution is -0.385. The van der Waals surface area contributed by atoms with Crippen LogP contribution < -0.4 is 5.32 Å². The van der Waals surface area contributed by atoms with E-state index in [0.717, 1.165) is 22.9 Å². The highest BCUT2D eigenvalue weighted by molar-refractivity contribution is 7.14. The Morgan fingerprint density at radius 1 is 1.24 bits per heavy atom. The first-order chi connectivity index (χ1) is 11.9. The number of nitrogens with zero attached hydrogens (tertiary/aromatic N) is 2. The number of benzene rings is 2. The third-order valence-corrected chi connectivity index (χ3v) is 4.47. The predicted molar refractivity (Wildman–Crippen MR) is 98.3 cm³/mol. The van der Waals surface area contributed by atoms with Gasteiger partial charge in [-0.25, -0.2) is 4.98 Å². The van der Waals surface area contributed by atoms with E-state index in [-0.39, 0.29) is 16.3 Å². The Morgan fingerprint density at radius 2 is 1.96 bits per heavy atom. The Balaban J connectivity index is 1.83. The zero-order valence-corrected chi connectivity index (χ0v) is 14.6. The molecule has 2 aromatic carbocycles. The first-order valence-electron chi connectivity index (χ1n) is 7.22. The van der Waals surface area contributed by atoms with Crippen LogP contribution in [0.4, 0.5) is 10.8 Å². The summed E-state index contributed by atoms with van der Waals surface area (Å²) in [6, 6.07) is 11.7. The number of rotatable bonds is 4. The van der Waals surface area contributed by atoms with Gasteiger partial charge >= 0.3 is 0 Å². The molecule has 1 amide bonds. The van der Waals surface area contributed by atoms with Crippen LogP contribution in [0.3, 0.4) is 0 Å². The lowest BCUT2D eigenvalue weighted by Gasteiger charge is -2.03. The van der Waals surface area contributed by atoms with Gasteiger partial charge in [-0.3, -0.25) is 20.2 Å². The quantitative estimate of drug-likeness (QED) is 0.518. The van der Waals surface area contributed by atoms with E-state index in [4.69, 9.17) is 11.6 Å². The third-order valence-electron chi connectivity index (χ3n) is 3.47. The summed E-state index contributed by atoms with van der Waals surface area (Å²) in [5.74, 6) is -0.604. The second kappa shape index (κ2) is 7.00. The monoisotopic (exact) mass is 373 g/mol. The van der Waals surface area contributed by atoms with Gasteiger partial charge in [0.1, 0.15) is 5.56 Å². The van der Waals surface area contributed by atoms with Gasteiger partial charge in [-0.05, 0) is 19.1 Å².